The topological polar surface area (TPSA) is 55.1 Å². The lowest BCUT2D eigenvalue weighted by Crippen LogP contribution is -2.05. The summed E-state index contributed by atoms with van der Waals surface area (Å²) in [6, 6.07) is 3.94. The Balaban J connectivity index is 1.92. The van der Waals surface area contributed by atoms with Crippen molar-refractivity contribution in [2.45, 2.75) is 13.5 Å². The van der Waals surface area contributed by atoms with Crippen LogP contribution in [0.2, 0.25) is 0 Å². The van der Waals surface area contributed by atoms with Gasteiger partial charge in [-0.2, -0.15) is 0 Å². The van der Waals surface area contributed by atoms with Gasteiger partial charge in [-0.05, 0) is 34.5 Å². The molecule has 5 nitrogen and oxygen atoms in total. The molecule has 0 aliphatic rings. The van der Waals surface area contributed by atoms with Crippen LogP contribution < -0.4 is 5.32 Å². The molecular formula is C13H12BrN5. The quantitative estimate of drug-likeness (QED) is 0.807. The van der Waals surface area contributed by atoms with E-state index in [9.17, 15) is 0 Å². The summed E-state index contributed by atoms with van der Waals surface area (Å²) in [5.74, 6) is 0.773. The van der Waals surface area contributed by atoms with Gasteiger partial charge < -0.3 is 5.32 Å². The number of aromatic nitrogens is 4. The fourth-order valence-corrected chi connectivity index (χ4v) is 2.26. The van der Waals surface area contributed by atoms with Gasteiger partial charge in [-0.1, -0.05) is 6.07 Å². The molecule has 0 aliphatic heterocycles. The van der Waals surface area contributed by atoms with Crippen molar-refractivity contribution in [3.8, 4) is 0 Å². The highest BCUT2D eigenvalue weighted by Gasteiger charge is 2.08. The molecule has 0 radical (unpaired) electrons. The molecule has 0 unspecified atom stereocenters. The van der Waals surface area contributed by atoms with E-state index in [-0.39, 0.29) is 0 Å². The predicted molar refractivity (Wildman–Crippen MR) is 77.0 cm³/mol. The Morgan fingerprint density at radius 1 is 1.37 bits per heavy atom. The minimum atomic E-state index is 0.671. The molecule has 0 saturated heterocycles. The SMILES string of the molecule is Cc1cn2c(Br)cnc2c(NCc2cccnc2)n1. The monoisotopic (exact) mass is 317 g/mol. The lowest BCUT2D eigenvalue weighted by Gasteiger charge is -2.08. The third-order valence-electron chi connectivity index (χ3n) is 2.75. The Kier molecular flexibility index (Phi) is 3.16. The summed E-state index contributed by atoms with van der Waals surface area (Å²) in [6.45, 7) is 2.63. The summed E-state index contributed by atoms with van der Waals surface area (Å²) in [5.41, 5.74) is 2.84. The van der Waals surface area contributed by atoms with Crippen LogP contribution in [0, 0.1) is 6.92 Å². The zero-order valence-corrected chi connectivity index (χ0v) is 11.9. The van der Waals surface area contributed by atoms with Crippen LogP contribution in [0.15, 0.2) is 41.5 Å². The fourth-order valence-electron chi connectivity index (χ4n) is 1.89. The van der Waals surface area contributed by atoms with Crippen molar-refractivity contribution in [1.82, 2.24) is 19.4 Å². The Morgan fingerprint density at radius 3 is 3.05 bits per heavy atom. The number of imidazole rings is 1. The maximum Gasteiger partial charge on any atom is 0.181 e. The summed E-state index contributed by atoms with van der Waals surface area (Å²) >= 11 is 3.47. The predicted octanol–water partition coefficient (Wildman–Crippen LogP) is 2.81. The summed E-state index contributed by atoms with van der Waals surface area (Å²) in [6.07, 6.45) is 7.31. The van der Waals surface area contributed by atoms with Crippen LogP contribution in [0.3, 0.4) is 0 Å². The van der Waals surface area contributed by atoms with Crippen molar-refractivity contribution in [3.05, 3.63) is 52.8 Å². The molecule has 3 heterocycles. The highest BCUT2D eigenvalue weighted by Crippen LogP contribution is 2.19. The second-order valence-electron chi connectivity index (χ2n) is 4.22. The number of pyridine rings is 1. The third-order valence-corrected chi connectivity index (χ3v) is 3.34. The van der Waals surface area contributed by atoms with E-state index in [1.165, 1.54) is 0 Å². The molecule has 0 aromatic carbocycles. The number of nitrogens with zero attached hydrogens (tertiary/aromatic N) is 4. The van der Waals surface area contributed by atoms with Crippen molar-refractivity contribution in [2.75, 3.05) is 5.32 Å². The van der Waals surface area contributed by atoms with Gasteiger partial charge in [-0.3, -0.25) is 9.38 Å². The molecule has 1 N–H and O–H groups in total. The molecule has 19 heavy (non-hydrogen) atoms. The van der Waals surface area contributed by atoms with Crippen molar-refractivity contribution in [3.63, 3.8) is 0 Å². The first-order chi connectivity index (χ1) is 9.24. The number of hydrogen-bond donors (Lipinski definition) is 1. The van der Waals surface area contributed by atoms with Crippen LogP contribution in [-0.2, 0) is 6.54 Å². The van der Waals surface area contributed by atoms with E-state index in [1.54, 1.807) is 12.4 Å². The first-order valence-electron chi connectivity index (χ1n) is 5.87. The lowest BCUT2D eigenvalue weighted by atomic mass is 10.3. The molecule has 0 bridgehead atoms. The normalized spacial score (nSPS) is 10.8. The molecular weight excluding hydrogens is 306 g/mol. The molecule has 0 atom stereocenters. The van der Waals surface area contributed by atoms with Gasteiger partial charge in [-0.25, -0.2) is 9.97 Å². The van der Waals surface area contributed by atoms with E-state index in [2.05, 4.69) is 36.2 Å². The Labute approximate surface area is 118 Å². The van der Waals surface area contributed by atoms with Gasteiger partial charge in [0, 0.05) is 25.1 Å². The van der Waals surface area contributed by atoms with E-state index in [1.807, 2.05) is 35.9 Å². The maximum atomic E-state index is 4.49. The second kappa shape index (κ2) is 4.97. The van der Waals surface area contributed by atoms with Gasteiger partial charge in [0.25, 0.3) is 0 Å². The van der Waals surface area contributed by atoms with Crippen LogP contribution in [0.5, 0.6) is 0 Å². The van der Waals surface area contributed by atoms with Crippen molar-refractivity contribution < 1.29 is 0 Å². The standard InChI is InChI=1S/C13H12BrN5/c1-9-8-19-11(14)7-17-13(19)12(18-9)16-6-10-3-2-4-15-5-10/h2-5,7-8H,6H2,1H3,(H,16,18). The average molecular weight is 318 g/mol. The molecule has 0 saturated carbocycles. The number of aryl methyl sites for hydroxylation is 1. The number of anilines is 1. The average Bonchev–Trinajstić information content (AvgIpc) is 2.79. The molecule has 0 aliphatic carbocycles. The van der Waals surface area contributed by atoms with Crippen LogP contribution in [0.4, 0.5) is 5.82 Å². The van der Waals surface area contributed by atoms with Crippen molar-refractivity contribution >= 4 is 27.4 Å². The van der Waals surface area contributed by atoms with E-state index in [0.717, 1.165) is 27.3 Å². The van der Waals surface area contributed by atoms with Crippen LogP contribution in [0.25, 0.3) is 5.65 Å². The number of rotatable bonds is 3. The Hall–Kier alpha value is -1.95. The van der Waals surface area contributed by atoms with Gasteiger partial charge in [0.05, 0.1) is 11.9 Å². The van der Waals surface area contributed by atoms with E-state index in [0.29, 0.717) is 6.54 Å². The van der Waals surface area contributed by atoms with Gasteiger partial charge in [-0.15, -0.1) is 0 Å². The summed E-state index contributed by atoms with van der Waals surface area (Å²) in [7, 11) is 0. The van der Waals surface area contributed by atoms with Crippen LogP contribution in [0.1, 0.15) is 11.3 Å². The molecule has 3 aromatic rings. The first kappa shape index (κ1) is 12.1. The van der Waals surface area contributed by atoms with Gasteiger partial charge >= 0.3 is 0 Å². The summed E-state index contributed by atoms with van der Waals surface area (Å²) in [4.78, 5) is 12.9. The molecule has 0 spiro atoms. The van der Waals surface area contributed by atoms with Crippen LogP contribution >= 0.6 is 15.9 Å². The van der Waals surface area contributed by atoms with E-state index in [4.69, 9.17) is 0 Å². The molecule has 3 aromatic heterocycles. The molecule has 6 heteroatoms. The maximum absolute atomic E-state index is 4.49. The van der Waals surface area contributed by atoms with Gasteiger partial charge in [0.2, 0.25) is 0 Å². The smallest absolute Gasteiger partial charge is 0.181 e. The lowest BCUT2D eigenvalue weighted by molar-refractivity contribution is 1.02. The van der Waals surface area contributed by atoms with Gasteiger partial charge in [0.15, 0.2) is 11.5 Å². The zero-order chi connectivity index (χ0) is 13.2. The Morgan fingerprint density at radius 2 is 2.26 bits per heavy atom. The number of fused-ring (bicyclic) bond motifs is 1. The largest absolute Gasteiger partial charge is 0.363 e. The van der Waals surface area contributed by atoms with Crippen molar-refractivity contribution in [1.29, 1.82) is 0 Å². The number of halogens is 1. The minimum Gasteiger partial charge on any atom is -0.363 e. The fraction of sp³-hybridized carbons (Fsp3) is 0.154. The third kappa shape index (κ3) is 2.44. The molecule has 0 fully saturated rings. The zero-order valence-electron chi connectivity index (χ0n) is 10.3. The highest BCUT2D eigenvalue weighted by molar-refractivity contribution is 9.10. The number of nitrogens with one attached hydrogen (secondary N) is 1. The Bertz CT molecular complexity index is 708. The summed E-state index contributed by atoms with van der Waals surface area (Å²) in [5, 5.41) is 3.30. The van der Waals surface area contributed by atoms with E-state index >= 15 is 0 Å². The first-order valence-corrected chi connectivity index (χ1v) is 6.66. The number of hydrogen-bond acceptors (Lipinski definition) is 4. The minimum absolute atomic E-state index is 0.671. The van der Waals surface area contributed by atoms with Gasteiger partial charge in [0.1, 0.15) is 4.60 Å². The molecule has 0 amide bonds. The molecule has 96 valence electrons. The second-order valence-corrected chi connectivity index (χ2v) is 5.03. The highest BCUT2D eigenvalue weighted by atomic mass is 79.9. The van der Waals surface area contributed by atoms with Crippen LogP contribution in [-0.4, -0.2) is 19.4 Å². The van der Waals surface area contributed by atoms with E-state index < -0.39 is 0 Å². The molecule has 3 rings (SSSR count). The van der Waals surface area contributed by atoms with Crippen molar-refractivity contribution in [2.24, 2.45) is 0 Å². The summed E-state index contributed by atoms with van der Waals surface area (Å²) < 4.78 is 2.88.